The van der Waals surface area contributed by atoms with Crippen molar-refractivity contribution in [3.05, 3.63) is 0 Å². The van der Waals surface area contributed by atoms with Crippen LogP contribution < -0.4 is 0 Å². The summed E-state index contributed by atoms with van der Waals surface area (Å²) in [5.41, 5.74) is 0.542. The van der Waals surface area contributed by atoms with Gasteiger partial charge in [-0.25, -0.2) is 0 Å². The van der Waals surface area contributed by atoms with Gasteiger partial charge in [0.15, 0.2) is 0 Å². The Bertz CT molecular complexity index is 273. The molecule has 0 rings (SSSR count). The van der Waals surface area contributed by atoms with Crippen molar-refractivity contribution in [2.75, 3.05) is 19.9 Å². The third-order valence-corrected chi connectivity index (χ3v) is 6.85. The van der Waals surface area contributed by atoms with E-state index in [4.69, 9.17) is 4.74 Å². The monoisotopic (exact) mass is 318 g/mol. The second-order valence-corrected chi connectivity index (χ2v) is 8.61. The van der Waals surface area contributed by atoms with E-state index in [0.29, 0.717) is 5.41 Å². The summed E-state index contributed by atoms with van der Waals surface area (Å²) in [7, 11) is 0.563. The molecule has 0 fully saturated rings. The molecule has 0 aromatic heterocycles. The molecule has 1 unspecified atom stereocenters. The van der Waals surface area contributed by atoms with Gasteiger partial charge in [-0.3, -0.25) is 0 Å². The zero-order chi connectivity index (χ0) is 16.4. The first-order valence-electron chi connectivity index (χ1n) is 8.97. The number of methoxy groups -OCH3 is 1. The Morgan fingerprint density at radius 2 is 1.38 bits per heavy atom. The summed E-state index contributed by atoms with van der Waals surface area (Å²) in [6.45, 7) is 11.0. The normalized spacial score (nSPS) is 14.4. The van der Waals surface area contributed by atoms with Gasteiger partial charge in [0.05, 0.1) is 13.4 Å². The van der Waals surface area contributed by atoms with E-state index in [1.807, 2.05) is 13.8 Å². The third-order valence-electron chi connectivity index (χ3n) is 5.80. The number of ether oxygens (including phenoxy) is 1. The van der Waals surface area contributed by atoms with Crippen LogP contribution in [0.1, 0.15) is 85.5 Å². The molecule has 0 aliphatic carbocycles. The van der Waals surface area contributed by atoms with Crippen LogP contribution in [-0.2, 0) is 9.30 Å². The molecule has 0 aromatic rings. The van der Waals surface area contributed by atoms with Gasteiger partial charge in [0.1, 0.15) is 0 Å². The quantitative estimate of drug-likeness (QED) is 0.381. The molecule has 0 heterocycles. The first kappa shape index (κ1) is 21.2. The Balaban J connectivity index is 4.46. The van der Waals surface area contributed by atoms with Gasteiger partial charge < -0.3 is 9.30 Å². The molecule has 0 saturated carbocycles. The van der Waals surface area contributed by atoms with Gasteiger partial charge in [-0.15, -0.1) is 0 Å². The largest absolute Gasteiger partial charge is 0.378 e. The molecule has 0 aliphatic heterocycles. The molecule has 21 heavy (non-hydrogen) atoms. The van der Waals surface area contributed by atoms with Gasteiger partial charge in [-0.2, -0.15) is 0 Å². The van der Waals surface area contributed by atoms with Crippen molar-refractivity contribution in [1.29, 1.82) is 0 Å². The highest BCUT2D eigenvalue weighted by Crippen LogP contribution is 2.40. The van der Waals surface area contributed by atoms with Crippen LogP contribution in [0.5, 0.6) is 0 Å². The van der Waals surface area contributed by atoms with Gasteiger partial charge in [0.25, 0.3) is 0 Å². The van der Waals surface area contributed by atoms with Crippen LogP contribution in [-0.4, -0.2) is 25.5 Å². The van der Waals surface area contributed by atoms with Crippen molar-refractivity contribution in [3.8, 4) is 0 Å². The summed E-state index contributed by atoms with van der Waals surface area (Å²) >= 11 is 0. The summed E-state index contributed by atoms with van der Waals surface area (Å²) in [5, 5.41) is 0. The summed E-state index contributed by atoms with van der Waals surface area (Å²) in [4.78, 5) is 0. The van der Waals surface area contributed by atoms with E-state index in [0.717, 1.165) is 25.4 Å². The topological polar surface area (TPSA) is 26.3 Å². The fourth-order valence-corrected chi connectivity index (χ4v) is 4.25. The minimum Gasteiger partial charge on any atom is -0.378 e. The molecule has 2 nitrogen and oxygen atoms in total. The van der Waals surface area contributed by atoms with Crippen LogP contribution in [0.25, 0.3) is 0 Å². The lowest BCUT2D eigenvalue weighted by molar-refractivity contribution is -0.0279. The lowest BCUT2D eigenvalue weighted by Crippen LogP contribution is -2.30. The van der Waals surface area contributed by atoms with Gasteiger partial charge in [-0.05, 0) is 56.8 Å². The molecule has 0 spiro atoms. The van der Waals surface area contributed by atoms with Crippen molar-refractivity contribution < 1.29 is 9.30 Å². The second-order valence-electron chi connectivity index (χ2n) is 6.71. The number of hydrogen-bond acceptors (Lipinski definition) is 2. The van der Waals surface area contributed by atoms with Crippen LogP contribution in [0.15, 0.2) is 0 Å². The second kappa shape index (κ2) is 10.8. The van der Waals surface area contributed by atoms with Crippen molar-refractivity contribution in [2.45, 2.75) is 91.1 Å². The van der Waals surface area contributed by atoms with Crippen molar-refractivity contribution >= 4 is 7.80 Å². The van der Waals surface area contributed by atoms with Gasteiger partial charge in [-0.1, -0.05) is 47.0 Å². The van der Waals surface area contributed by atoms with Crippen LogP contribution in [0.4, 0.5) is 0 Å². The maximum atomic E-state index is 11.3. The Hall–Kier alpha value is 0.190. The zero-order valence-electron chi connectivity index (χ0n) is 15.4. The molecule has 0 bridgehead atoms. The highest BCUT2D eigenvalue weighted by molar-refractivity contribution is 7.43. The molecule has 1 atom stereocenters. The molecule has 0 amide bonds. The summed E-state index contributed by atoms with van der Waals surface area (Å²) in [6, 6.07) is 0. The molecule has 0 saturated heterocycles. The molecule has 0 radical (unpaired) electrons. The summed E-state index contributed by atoms with van der Waals surface area (Å²) in [6.07, 6.45) is 11.7. The Labute approximate surface area is 134 Å². The Morgan fingerprint density at radius 1 is 0.857 bits per heavy atom. The van der Waals surface area contributed by atoms with Gasteiger partial charge in [0, 0.05) is 7.11 Å². The minimum absolute atomic E-state index is 0.0851. The SMILES string of the molecule is CCC(CC)(CCC[PH](C)=O)CCCC(CC)(CC)OC. The molecular weight excluding hydrogens is 279 g/mol. The van der Waals surface area contributed by atoms with E-state index in [1.165, 1.54) is 38.5 Å². The van der Waals surface area contributed by atoms with Crippen LogP contribution in [0, 0.1) is 5.41 Å². The van der Waals surface area contributed by atoms with Crippen LogP contribution >= 0.6 is 7.80 Å². The average molecular weight is 318 g/mol. The lowest BCUT2D eigenvalue weighted by Gasteiger charge is -2.35. The van der Waals surface area contributed by atoms with E-state index in [2.05, 4.69) is 27.7 Å². The number of rotatable bonds is 13. The molecule has 0 N–H and O–H groups in total. The smallest absolute Gasteiger partial charge is 0.0732 e. The molecule has 128 valence electrons. The van der Waals surface area contributed by atoms with Gasteiger partial charge >= 0.3 is 0 Å². The standard InChI is InChI=1S/C18H39O2P/c1-7-17(8-2,14-12-16-21(6)19)13-11-15-18(9-3,10-4)20-5/h21H,7-16H2,1-6H3. The average Bonchev–Trinajstić information content (AvgIpc) is 2.50. The highest BCUT2D eigenvalue weighted by Gasteiger charge is 2.29. The molecular formula is C18H39O2P. The fraction of sp³-hybridized carbons (Fsp3) is 1.00. The van der Waals surface area contributed by atoms with E-state index < -0.39 is 7.80 Å². The molecule has 0 aromatic carbocycles. The fourth-order valence-electron chi connectivity index (χ4n) is 3.57. The Kier molecular flexibility index (Phi) is 10.9. The molecule has 3 heteroatoms. The van der Waals surface area contributed by atoms with Crippen molar-refractivity contribution in [3.63, 3.8) is 0 Å². The number of hydrogen-bond donors (Lipinski definition) is 0. The van der Waals surface area contributed by atoms with Crippen LogP contribution in [0.3, 0.4) is 0 Å². The van der Waals surface area contributed by atoms with Gasteiger partial charge in [0.2, 0.25) is 0 Å². The zero-order valence-corrected chi connectivity index (χ0v) is 16.4. The predicted molar refractivity (Wildman–Crippen MR) is 96.2 cm³/mol. The van der Waals surface area contributed by atoms with Crippen molar-refractivity contribution in [1.82, 2.24) is 0 Å². The minimum atomic E-state index is -1.30. The summed E-state index contributed by atoms with van der Waals surface area (Å²) < 4.78 is 17.1. The van der Waals surface area contributed by atoms with Crippen molar-refractivity contribution in [2.24, 2.45) is 5.41 Å². The first-order valence-corrected chi connectivity index (χ1v) is 11.1. The van der Waals surface area contributed by atoms with E-state index in [1.54, 1.807) is 0 Å². The van der Waals surface area contributed by atoms with E-state index >= 15 is 0 Å². The predicted octanol–water partition coefficient (Wildman–Crippen LogP) is 6.14. The maximum absolute atomic E-state index is 11.3. The maximum Gasteiger partial charge on any atom is 0.0732 e. The third kappa shape index (κ3) is 7.33. The summed E-state index contributed by atoms with van der Waals surface area (Å²) in [5.74, 6) is 0. The lowest BCUT2D eigenvalue weighted by atomic mass is 9.73. The highest BCUT2D eigenvalue weighted by atomic mass is 31.1. The molecule has 0 aliphatic rings. The Morgan fingerprint density at radius 3 is 1.76 bits per heavy atom. The van der Waals surface area contributed by atoms with E-state index in [-0.39, 0.29) is 5.60 Å². The van der Waals surface area contributed by atoms with Crippen LogP contribution in [0.2, 0.25) is 0 Å². The van der Waals surface area contributed by atoms with E-state index in [9.17, 15) is 4.57 Å². The first-order chi connectivity index (χ1) is 9.93.